The molecule has 0 aromatic heterocycles. The predicted octanol–water partition coefficient (Wildman–Crippen LogP) is 2.45. The molecule has 1 N–H and O–H groups in total. The number of aliphatic carboxylic acids is 1. The Balaban J connectivity index is 1.45. The Morgan fingerprint density at radius 2 is 1.90 bits per heavy atom. The number of benzene rings is 2. The van der Waals surface area contributed by atoms with Crippen molar-refractivity contribution in [1.29, 1.82) is 0 Å². The first-order chi connectivity index (χ1) is 14.1. The maximum Gasteiger partial charge on any atom is 0.317 e. The van der Waals surface area contributed by atoms with Crippen molar-refractivity contribution in [2.45, 2.75) is 12.5 Å². The molecule has 2 fully saturated rings. The van der Waals surface area contributed by atoms with E-state index in [0.29, 0.717) is 31.2 Å². The first kappa shape index (κ1) is 18.2. The molecule has 0 aliphatic carbocycles. The van der Waals surface area contributed by atoms with Gasteiger partial charge in [0, 0.05) is 37.5 Å². The molecule has 0 unspecified atom stereocenters. The number of carboxylic acids is 1. The van der Waals surface area contributed by atoms with Crippen LogP contribution in [0.4, 0.5) is 0 Å². The van der Waals surface area contributed by atoms with Crippen LogP contribution in [0, 0.1) is 11.8 Å². The van der Waals surface area contributed by atoms with Gasteiger partial charge >= 0.3 is 5.97 Å². The van der Waals surface area contributed by atoms with E-state index >= 15 is 0 Å². The Morgan fingerprint density at radius 1 is 1.07 bits per heavy atom. The summed E-state index contributed by atoms with van der Waals surface area (Å²) in [6.07, 6.45) is 0.841. The fourth-order valence-electron chi connectivity index (χ4n) is 5.23. The second-order valence-corrected chi connectivity index (χ2v) is 8.25. The van der Waals surface area contributed by atoms with E-state index in [1.807, 2.05) is 46.2 Å². The molecule has 2 aromatic rings. The number of likely N-dealkylation sites (tertiary alicyclic amines) is 2. The Labute approximate surface area is 169 Å². The molecule has 3 aliphatic heterocycles. The maximum absolute atomic E-state index is 13.5. The zero-order chi connectivity index (χ0) is 20.0. The highest BCUT2D eigenvalue weighted by Gasteiger charge is 2.49. The van der Waals surface area contributed by atoms with Crippen LogP contribution in [-0.2, 0) is 11.2 Å². The zero-order valence-corrected chi connectivity index (χ0v) is 16.2. The number of carbonyl (C=O) groups excluding carboxylic acids is 1. The second-order valence-electron chi connectivity index (χ2n) is 8.25. The summed E-state index contributed by atoms with van der Waals surface area (Å²) in [5, 5.41) is 9.17. The van der Waals surface area contributed by atoms with Crippen LogP contribution in [0.5, 0.6) is 5.75 Å². The molecule has 0 radical (unpaired) electrons. The van der Waals surface area contributed by atoms with Crippen LogP contribution in [0.15, 0.2) is 48.5 Å². The third-order valence-electron chi connectivity index (χ3n) is 6.44. The highest BCUT2D eigenvalue weighted by Crippen LogP contribution is 2.45. The van der Waals surface area contributed by atoms with Gasteiger partial charge in [0.15, 0.2) is 0 Å². The van der Waals surface area contributed by atoms with Crippen LogP contribution >= 0.6 is 0 Å². The van der Waals surface area contributed by atoms with E-state index in [4.69, 9.17) is 9.84 Å². The number of ether oxygens (including phenoxy) is 1. The molecule has 6 heteroatoms. The van der Waals surface area contributed by atoms with E-state index in [1.54, 1.807) is 0 Å². The molecular formula is C23H24N2O4. The topological polar surface area (TPSA) is 70.1 Å². The molecule has 0 bridgehead atoms. The summed E-state index contributed by atoms with van der Waals surface area (Å²) in [5.74, 6) is 0.672. The van der Waals surface area contributed by atoms with E-state index < -0.39 is 5.97 Å². The third-order valence-corrected chi connectivity index (χ3v) is 6.44. The molecule has 29 heavy (non-hydrogen) atoms. The summed E-state index contributed by atoms with van der Waals surface area (Å²) in [4.78, 5) is 28.7. The van der Waals surface area contributed by atoms with Gasteiger partial charge in [-0.3, -0.25) is 14.5 Å². The van der Waals surface area contributed by atoms with Crippen LogP contribution in [0.3, 0.4) is 0 Å². The van der Waals surface area contributed by atoms with E-state index in [0.717, 1.165) is 29.8 Å². The first-order valence-corrected chi connectivity index (χ1v) is 10.2. The molecule has 3 atom stereocenters. The number of hydrogen-bond donors (Lipinski definition) is 1. The Bertz CT molecular complexity index is 945. The van der Waals surface area contributed by atoms with Crippen molar-refractivity contribution in [2.24, 2.45) is 11.8 Å². The van der Waals surface area contributed by atoms with Crippen LogP contribution in [0.1, 0.15) is 27.5 Å². The minimum absolute atomic E-state index is 0.0306. The molecule has 2 saturated heterocycles. The summed E-state index contributed by atoms with van der Waals surface area (Å²) in [6, 6.07) is 15.8. The van der Waals surface area contributed by atoms with Crippen molar-refractivity contribution < 1.29 is 19.4 Å². The fraction of sp³-hybridized carbons (Fsp3) is 0.391. The Morgan fingerprint density at radius 3 is 2.69 bits per heavy atom. The lowest BCUT2D eigenvalue weighted by molar-refractivity contribution is -0.138. The summed E-state index contributed by atoms with van der Waals surface area (Å²) >= 11 is 0. The fourth-order valence-corrected chi connectivity index (χ4v) is 5.23. The van der Waals surface area contributed by atoms with Gasteiger partial charge in [0.05, 0.1) is 19.2 Å². The van der Waals surface area contributed by atoms with Crippen molar-refractivity contribution >= 4 is 11.9 Å². The quantitative estimate of drug-likeness (QED) is 0.866. The number of carboxylic acid groups (broad SMARTS) is 1. The van der Waals surface area contributed by atoms with Crippen molar-refractivity contribution in [2.75, 3.05) is 32.8 Å². The number of nitrogens with zero attached hydrogens (tertiary/aromatic N) is 2. The van der Waals surface area contributed by atoms with Gasteiger partial charge in [0.2, 0.25) is 0 Å². The van der Waals surface area contributed by atoms with Gasteiger partial charge in [-0.2, -0.15) is 0 Å². The lowest BCUT2D eigenvalue weighted by Gasteiger charge is -2.30. The lowest BCUT2D eigenvalue weighted by Crippen LogP contribution is -2.37. The van der Waals surface area contributed by atoms with E-state index in [2.05, 4.69) is 12.1 Å². The van der Waals surface area contributed by atoms with Gasteiger partial charge in [0.1, 0.15) is 5.75 Å². The molecule has 6 nitrogen and oxygen atoms in total. The van der Waals surface area contributed by atoms with Crippen LogP contribution < -0.4 is 4.74 Å². The lowest BCUT2D eigenvalue weighted by atomic mass is 9.89. The number of amides is 1. The van der Waals surface area contributed by atoms with Gasteiger partial charge < -0.3 is 14.7 Å². The predicted molar refractivity (Wildman–Crippen MR) is 107 cm³/mol. The Hall–Kier alpha value is -2.86. The molecule has 3 aliphatic rings. The molecule has 5 rings (SSSR count). The van der Waals surface area contributed by atoms with Crippen molar-refractivity contribution in [3.63, 3.8) is 0 Å². The smallest absolute Gasteiger partial charge is 0.317 e. The molecule has 0 spiro atoms. The average Bonchev–Trinajstić information content (AvgIpc) is 3.40. The minimum Gasteiger partial charge on any atom is -0.493 e. The van der Waals surface area contributed by atoms with Crippen LogP contribution in [-0.4, -0.2) is 59.6 Å². The van der Waals surface area contributed by atoms with Crippen molar-refractivity contribution in [3.05, 3.63) is 65.2 Å². The molecule has 3 heterocycles. The zero-order valence-electron chi connectivity index (χ0n) is 16.2. The molecule has 0 saturated carbocycles. The van der Waals surface area contributed by atoms with Gasteiger partial charge in [-0.05, 0) is 35.2 Å². The van der Waals surface area contributed by atoms with E-state index in [-0.39, 0.29) is 24.4 Å². The number of hydrogen-bond acceptors (Lipinski definition) is 4. The van der Waals surface area contributed by atoms with Crippen LogP contribution in [0.25, 0.3) is 0 Å². The van der Waals surface area contributed by atoms with Crippen LogP contribution in [0.2, 0.25) is 0 Å². The summed E-state index contributed by atoms with van der Waals surface area (Å²) in [6.45, 7) is 2.83. The highest BCUT2D eigenvalue weighted by molar-refractivity contribution is 5.95. The van der Waals surface area contributed by atoms with Gasteiger partial charge in [-0.1, -0.05) is 30.3 Å². The molecule has 2 aromatic carbocycles. The molecule has 150 valence electrons. The summed E-state index contributed by atoms with van der Waals surface area (Å²) in [5.41, 5.74) is 2.92. The van der Waals surface area contributed by atoms with E-state index in [1.165, 1.54) is 0 Å². The number of carbonyl (C=O) groups is 2. The van der Waals surface area contributed by atoms with Gasteiger partial charge in [-0.15, -0.1) is 0 Å². The number of rotatable bonds is 4. The van der Waals surface area contributed by atoms with Gasteiger partial charge in [0.25, 0.3) is 5.91 Å². The van der Waals surface area contributed by atoms with E-state index in [9.17, 15) is 9.59 Å². The first-order valence-electron chi connectivity index (χ1n) is 10.2. The number of fused-ring (bicyclic) bond motifs is 2. The maximum atomic E-state index is 13.5. The van der Waals surface area contributed by atoms with Gasteiger partial charge in [-0.25, -0.2) is 0 Å². The Kier molecular flexibility index (Phi) is 4.51. The minimum atomic E-state index is -0.797. The van der Waals surface area contributed by atoms with Crippen molar-refractivity contribution in [3.8, 4) is 5.75 Å². The van der Waals surface area contributed by atoms with Crippen molar-refractivity contribution in [1.82, 2.24) is 9.80 Å². The second kappa shape index (κ2) is 7.19. The third kappa shape index (κ3) is 3.27. The average molecular weight is 392 g/mol. The normalized spacial score (nSPS) is 25.5. The standard InChI is InChI=1S/C23H24N2O4/c26-21(27)14-24-11-18-12-25(22(19(18)13-24)15-4-2-1-3-5-15)23(28)17-6-7-20-16(10-17)8-9-29-20/h1-7,10,18-19,22H,8-9,11-14H2,(H,26,27)/t18-,19-,22+/m0/s1. The largest absolute Gasteiger partial charge is 0.493 e. The SMILES string of the molecule is O=C(O)CN1C[C@H]2CN(C(=O)c3ccc4c(c3)CCO4)[C@H](c3ccccc3)[C@H]2C1. The highest BCUT2D eigenvalue weighted by atomic mass is 16.5. The summed E-state index contributed by atoms with van der Waals surface area (Å²) < 4.78 is 5.57. The molecular weight excluding hydrogens is 368 g/mol. The summed E-state index contributed by atoms with van der Waals surface area (Å²) in [7, 11) is 0. The monoisotopic (exact) mass is 392 g/mol. The molecule has 1 amide bonds.